The van der Waals surface area contributed by atoms with Crippen molar-refractivity contribution in [2.45, 2.75) is 75.5 Å². The Labute approximate surface area is 214 Å². The number of nitrogens with zero attached hydrogens (tertiary/aromatic N) is 3. The fourth-order valence-electron chi connectivity index (χ4n) is 6.37. The molecular weight excluding hydrogens is 462 g/mol. The largest absolute Gasteiger partial charge is 0.394 e. The molecule has 1 spiro atoms. The van der Waals surface area contributed by atoms with Gasteiger partial charge in [0.25, 0.3) is 0 Å². The highest BCUT2D eigenvalue weighted by Gasteiger charge is 2.71. The summed E-state index contributed by atoms with van der Waals surface area (Å²) in [6.45, 7) is 10.4. The van der Waals surface area contributed by atoms with Crippen molar-refractivity contribution >= 4 is 29.5 Å². The fourth-order valence-corrected chi connectivity index (χ4v) is 8.36. The lowest BCUT2D eigenvalue weighted by Crippen LogP contribution is -2.57. The van der Waals surface area contributed by atoms with E-state index < -0.39 is 28.7 Å². The number of fused-ring (bicyclic) bond motifs is 2. The minimum absolute atomic E-state index is 0.0159. The zero-order valence-corrected chi connectivity index (χ0v) is 22.4. The number of hydrogen-bond acceptors (Lipinski definition) is 5. The van der Waals surface area contributed by atoms with Gasteiger partial charge in [-0.15, -0.1) is 11.8 Å². The van der Waals surface area contributed by atoms with E-state index in [1.165, 1.54) is 0 Å². The highest BCUT2D eigenvalue weighted by molar-refractivity contribution is 8.02. The first-order valence-corrected chi connectivity index (χ1v) is 14.3. The molecule has 4 rings (SSSR count). The molecule has 8 heteroatoms. The standard InChI is InChI=1S/C27H41N3O4S/c1-5-8-14-29-16-10-12-27-22(21-20(35-27)11-9-15-28(13-6-2)24(21)32)25(33)30(23(27)26(29)34)19(17-31)18(4)7-3/h9-12,18-23,31H,5-8,13-17H2,1-4H3/t18-,19-,20-,21+,22-,23?,27-/m0/s1. The summed E-state index contributed by atoms with van der Waals surface area (Å²) in [5.74, 6) is -1.26. The number of rotatable bonds is 9. The number of thioether (sulfide) groups is 1. The van der Waals surface area contributed by atoms with Gasteiger partial charge in [0.2, 0.25) is 17.7 Å². The first-order chi connectivity index (χ1) is 16.9. The van der Waals surface area contributed by atoms with E-state index in [0.717, 1.165) is 25.7 Å². The summed E-state index contributed by atoms with van der Waals surface area (Å²) in [5.41, 5.74) is 0. The molecule has 194 valence electrons. The minimum atomic E-state index is -0.805. The minimum Gasteiger partial charge on any atom is -0.394 e. The van der Waals surface area contributed by atoms with E-state index >= 15 is 0 Å². The van der Waals surface area contributed by atoms with Crippen LogP contribution in [0.5, 0.6) is 0 Å². The van der Waals surface area contributed by atoms with E-state index in [4.69, 9.17) is 0 Å². The molecule has 0 aromatic rings. The van der Waals surface area contributed by atoms with Crippen LogP contribution in [0.4, 0.5) is 0 Å². The molecule has 1 unspecified atom stereocenters. The molecule has 0 bridgehead atoms. The normalized spacial score (nSPS) is 34.0. The molecule has 7 atom stereocenters. The Kier molecular flexibility index (Phi) is 8.01. The van der Waals surface area contributed by atoms with Gasteiger partial charge in [-0.25, -0.2) is 0 Å². The predicted octanol–water partition coefficient (Wildman–Crippen LogP) is 2.70. The SMILES string of the molecule is CCCCN1CC=C[C@]23S[C@H]4C=CCN(CCC)C(=O)[C@H]4[C@H]2C(=O)N([C@@H](CO)[C@@H](C)CC)C3C1=O. The second-order valence-electron chi connectivity index (χ2n) is 10.5. The van der Waals surface area contributed by atoms with Crippen molar-refractivity contribution in [3.05, 3.63) is 24.3 Å². The van der Waals surface area contributed by atoms with Crippen molar-refractivity contribution in [3.8, 4) is 0 Å². The molecule has 0 aliphatic carbocycles. The molecule has 4 heterocycles. The maximum Gasteiger partial charge on any atom is 0.247 e. The summed E-state index contributed by atoms with van der Waals surface area (Å²) in [6.07, 6.45) is 11.8. The third kappa shape index (κ3) is 4.24. The molecule has 0 saturated carbocycles. The van der Waals surface area contributed by atoms with E-state index in [-0.39, 0.29) is 35.5 Å². The first-order valence-electron chi connectivity index (χ1n) is 13.4. The van der Waals surface area contributed by atoms with Crippen LogP contribution in [0.3, 0.4) is 0 Å². The van der Waals surface area contributed by atoms with Gasteiger partial charge in [0.15, 0.2) is 0 Å². The molecule has 1 N–H and O–H groups in total. The Morgan fingerprint density at radius 1 is 1.03 bits per heavy atom. The third-order valence-corrected chi connectivity index (χ3v) is 10.1. The maximum atomic E-state index is 14.3. The molecule has 35 heavy (non-hydrogen) atoms. The number of unbranched alkanes of at least 4 members (excludes halogenated alkanes) is 1. The summed E-state index contributed by atoms with van der Waals surface area (Å²) in [6, 6.07) is -1.16. The van der Waals surface area contributed by atoms with Crippen LogP contribution < -0.4 is 0 Å². The van der Waals surface area contributed by atoms with Crippen LogP contribution in [0.25, 0.3) is 0 Å². The van der Waals surface area contributed by atoms with Crippen LogP contribution in [-0.2, 0) is 14.4 Å². The van der Waals surface area contributed by atoms with E-state index in [1.54, 1.807) is 16.7 Å². The van der Waals surface area contributed by atoms with Gasteiger partial charge in [-0.2, -0.15) is 0 Å². The van der Waals surface area contributed by atoms with E-state index in [9.17, 15) is 19.5 Å². The Hall–Kier alpha value is -1.80. The lowest BCUT2D eigenvalue weighted by atomic mass is 9.78. The van der Waals surface area contributed by atoms with Crippen LogP contribution in [0.15, 0.2) is 24.3 Å². The predicted molar refractivity (Wildman–Crippen MR) is 139 cm³/mol. The molecule has 3 amide bonds. The monoisotopic (exact) mass is 503 g/mol. The topological polar surface area (TPSA) is 81.2 Å². The molecular formula is C27H41N3O4S. The van der Waals surface area contributed by atoms with Crippen LogP contribution in [0.2, 0.25) is 0 Å². The van der Waals surface area contributed by atoms with E-state index in [1.807, 2.05) is 35.8 Å². The Bertz CT molecular complexity index is 892. The summed E-state index contributed by atoms with van der Waals surface area (Å²) in [5, 5.41) is 10.3. The lowest BCUT2D eigenvalue weighted by Gasteiger charge is -2.40. The van der Waals surface area contributed by atoms with Crippen molar-refractivity contribution in [1.82, 2.24) is 14.7 Å². The summed E-state index contributed by atoms with van der Waals surface area (Å²) in [7, 11) is 0. The molecule has 2 fully saturated rings. The Balaban J connectivity index is 1.83. The number of hydrogen-bond donors (Lipinski definition) is 1. The second-order valence-corrected chi connectivity index (χ2v) is 12.0. The average Bonchev–Trinajstić information content (AvgIpc) is 3.17. The molecule has 7 nitrogen and oxygen atoms in total. The van der Waals surface area contributed by atoms with Gasteiger partial charge in [0.1, 0.15) is 6.04 Å². The van der Waals surface area contributed by atoms with Crippen LogP contribution in [0.1, 0.15) is 53.4 Å². The number of carbonyl (C=O) groups excluding carboxylic acids is 3. The highest BCUT2D eigenvalue weighted by atomic mass is 32.2. The quantitative estimate of drug-likeness (QED) is 0.490. The molecule has 2 saturated heterocycles. The molecule has 4 aliphatic heterocycles. The van der Waals surface area contributed by atoms with Gasteiger partial charge in [0.05, 0.1) is 29.2 Å². The first kappa shape index (κ1) is 26.3. The highest BCUT2D eigenvalue weighted by Crippen LogP contribution is 2.61. The maximum absolute atomic E-state index is 14.3. The average molecular weight is 504 g/mol. The van der Waals surface area contributed by atoms with Gasteiger partial charge >= 0.3 is 0 Å². The third-order valence-electron chi connectivity index (χ3n) is 8.38. The number of aliphatic hydroxyl groups excluding tert-OH is 1. The van der Waals surface area contributed by atoms with Crippen molar-refractivity contribution in [1.29, 1.82) is 0 Å². The smallest absolute Gasteiger partial charge is 0.247 e. The lowest BCUT2D eigenvalue weighted by molar-refractivity contribution is -0.148. The van der Waals surface area contributed by atoms with Crippen molar-refractivity contribution in [3.63, 3.8) is 0 Å². The number of carbonyl (C=O) groups is 3. The Morgan fingerprint density at radius 2 is 1.74 bits per heavy atom. The van der Waals surface area contributed by atoms with Gasteiger partial charge < -0.3 is 19.8 Å². The van der Waals surface area contributed by atoms with Crippen molar-refractivity contribution in [2.75, 3.05) is 32.8 Å². The van der Waals surface area contributed by atoms with Crippen LogP contribution in [-0.4, -0.2) is 92.4 Å². The molecule has 0 aromatic heterocycles. The summed E-state index contributed by atoms with van der Waals surface area (Å²) in [4.78, 5) is 47.7. The zero-order chi connectivity index (χ0) is 25.3. The molecule has 0 aromatic carbocycles. The van der Waals surface area contributed by atoms with E-state index in [0.29, 0.717) is 26.2 Å². The molecule has 4 aliphatic rings. The van der Waals surface area contributed by atoms with Gasteiger partial charge in [-0.05, 0) is 18.8 Å². The van der Waals surface area contributed by atoms with Crippen LogP contribution >= 0.6 is 11.8 Å². The summed E-state index contributed by atoms with van der Waals surface area (Å²) < 4.78 is -0.805. The van der Waals surface area contributed by atoms with Crippen molar-refractivity contribution in [2.24, 2.45) is 17.8 Å². The second kappa shape index (κ2) is 10.7. The number of likely N-dealkylation sites (tertiary alicyclic amines) is 1. The van der Waals surface area contributed by atoms with Crippen molar-refractivity contribution < 1.29 is 19.5 Å². The number of amides is 3. The van der Waals surface area contributed by atoms with Gasteiger partial charge in [-0.1, -0.05) is 64.8 Å². The molecule has 0 radical (unpaired) electrons. The van der Waals surface area contributed by atoms with E-state index in [2.05, 4.69) is 26.0 Å². The Morgan fingerprint density at radius 3 is 2.40 bits per heavy atom. The zero-order valence-electron chi connectivity index (χ0n) is 21.6. The summed E-state index contributed by atoms with van der Waals surface area (Å²) >= 11 is 1.62. The van der Waals surface area contributed by atoms with Gasteiger partial charge in [-0.3, -0.25) is 14.4 Å². The number of aliphatic hydroxyl groups is 1. The van der Waals surface area contributed by atoms with Crippen LogP contribution in [0, 0.1) is 17.8 Å². The van der Waals surface area contributed by atoms with Gasteiger partial charge in [0, 0.05) is 31.4 Å². The fraction of sp³-hybridized carbons (Fsp3) is 0.741.